The highest BCUT2D eigenvalue weighted by Crippen LogP contribution is 2.29. The van der Waals surface area contributed by atoms with E-state index in [1.54, 1.807) is 0 Å². The number of allylic oxidation sites excluding steroid dienone is 2. The van der Waals surface area contributed by atoms with Crippen LogP contribution in [0.5, 0.6) is 0 Å². The predicted molar refractivity (Wildman–Crippen MR) is 158 cm³/mol. The molecular formula is C31H52N2O7. The van der Waals surface area contributed by atoms with Crippen LogP contribution in [0.3, 0.4) is 0 Å². The number of unbranched alkanes of at least 4 members (excludes halogenated alkanes) is 5. The van der Waals surface area contributed by atoms with Crippen LogP contribution in [-0.2, 0) is 25.6 Å². The Morgan fingerprint density at radius 3 is 2.40 bits per heavy atom. The fourth-order valence-electron chi connectivity index (χ4n) is 4.27. The fourth-order valence-corrected chi connectivity index (χ4v) is 4.27. The number of esters is 1. The smallest absolute Gasteiger partial charge is 0.331 e. The van der Waals surface area contributed by atoms with E-state index in [4.69, 9.17) is 9.84 Å². The number of hydrogen-bond donors (Lipinski definition) is 2. The minimum absolute atomic E-state index is 0.0386. The van der Waals surface area contributed by atoms with E-state index in [2.05, 4.69) is 66.5 Å². The van der Waals surface area contributed by atoms with Gasteiger partial charge in [-0.15, -0.1) is 10.1 Å². The summed E-state index contributed by atoms with van der Waals surface area (Å²) in [4.78, 5) is 35.0. The van der Waals surface area contributed by atoms with Crippen molar-refractivity contribution < 1.29 is 29.4 Å². The van der Waals surface area contributed by atoms with Crippen LogP contribution in [0.4, 0.5) is 0 Å². The summed E-state index contributed by atoms with van der Waals surface area (Å²) in [5.41, 5.74) is 1.50. The molecule has 0 saturated heterocycles. The van der Waals surface area contributed by atoms with E-state index in [1.165, 1.54) is 82.6 Å². The molecule has 40 heavy (non-hydrogen) atoms. The average Bonchev–Trinajstić information content (AvgIpc) is 3.48. The van der Waals surface area contributed by atoms with Crippen molar-refractivity contribution in [2.45, 2.75) is 110 Å². The first kappa shape index (κ1) is 37.1. The standard InChI is InChI=1S/C16H24.C8H14N2O7.C7H14/c1-3-9-15(10-4-1)11-5-2-6-12-16-13-7-8-14-16;11-5-7(9-6-12)8(13)16-3-1-2-4-17-10(14)15;1-3-5-7-6-4-2/h1,3-4,9-10,16H,2,5-8,11-14H2;6-7,11H,1-5H2,(H,9,12);3,5H,4,6-7H2,1-2H3/b;;5-3-. The van der Waals surface area contributed by atoms with E-state index >= 15 is 0 Å². The highest BCUT2D eigenvalue weighted by atomic mass is 16.9. The lowest BCUT2D eigenvalue weighted by Crippen LogP contribution is -2.40. The van der Waals surface area contributed by atoms with Crippen molar-refractivity contribution in [3.05, 3.63) is 58.2 Å². The van der Waals surface area contributed by atoms with Crippen LogP contribution in [0.25, 0.3) is 0 Å². The summed E-state index contributed by atoms with van der Waals surface area (Å²) in [6.07, 6.45) is 22.3. The minimum Gasteiger partial charge on any atom is -0.464 e. The van der Waals surface area contributed by atoms with Crippen LogP contribution >= 0.6 is 0 Å². The molecular weight excluding hydrogens is 512 g/mol. The number of ether oxygens (including phenoxy) is 1. The summed E-state index contributed by atoms with van der Waals surface area (Å²) in [6, 6.07) is 9.81. The second-order valence-corrected chi connectivity index (χ2v) is 9.90. The van der Waals surface area contributed by atoms with Gasteiger partial charge >= 0.3 is 5.97 Å². The Morgan fingerprint density at radius 1 is 1.10 bits per heavy atom. The minimum atomic E-state index is -1.08. The molecule has 0 spiro atoms. The van der Waals surface area contributed by atoms with E-state index in [1.807, 2.05) is 0 Å². The van der Waals surface area contributed by atoms with Crippen LogP contribution in [0.1, 0.15) is 103 Å². The molecule has 2 N–H and O–H groups in total. The average molecular weight is 565 g/mol. The third-order valence-electron chi connectivity index (χ3n) is 6.57. The Bertz CT molecular complexity index is 768. The second-order valence-electron chi connectivity index (χ2n) is 9.90. The first-order valence-electron chi connectivity index (χ1n) is 14.9. The quantitative estimate of drug-likeness (QED) is 0.0500. The molecule has 0 aliphatic heterocycles. The van der Waals surface area contributed by atoms with Crippen molar-refractivity contribution in [3.63, 3.8) is 0 Å². The highest BCUT2D eigenvalue weighted by molar-refractivity contribution is 5.78. The predicted octanol–water partition coefficient (Wildman–Crippen LogP) is 6.36. The van der Waals surface area contributed by atoms with E-state index in [-0.39, 0.29) is 19.6 Å². The molecule has 0 radical (unpaired) electrons. The molecule has 1 fully saturated rings. The molecule has 1 atom stereocenters. The summed E-state index contributed by atoms with van der Waals surface area (Å²) >= 11 is 0. The number of benzene rings is 1. The summed E-state index contributed by atoms with van der Waals surface area (Å²) in [5, 5.41) is 19.7. The maximum Gasteiger partial charge on any atom is 0.331 e. The molecule has 2 rings (SSSR count). The van der Waals surface area contributed by atoms with Gasteiger partial charge in [-0.2, -0.15) is 0 Å². The van der Waals surface area contributed by atoms with Gasteiger partial charge in [0, 0.05) is 0 Å². The fraction of sp³-hybridized carbons (Fsp3) is 0.677. The van der Waals surface area contributed by atoms with Gasteiger partial charge in [-0.05, 0) is 50.5 Å². The maximum atomic E-state index is 11.2. The van der Waals surface area contributed by atoms with Crippen LogP contribution in [0.2, 0.25) is 0 Å². The lowest BCUT2D eigenvalue weighted by molar-refractivity contribution is -0.757. The molecule has 0 aromatic heterocycles. The third-order valence-corrected chi connectivity index (χ3v) is 6.57. The number of nitrogens with one attached hydrogen (secondary N) is 1. The maximum absolute atomic E-state index is 11.2. The van der Waals surface area contributed by atoms with Gasteiger partial charge in [-0.3, -0.25) is 4.79 Å². The second kappa shape index (κ2) is 27.6. The monoisotopic (exact) mass is 564 g/mol. The van der Waals surface area contributed by atoms with Crippen LogP contribution in [-0.4, -0.2) is 48.4 Å². The van der Waals surface area contributed by atoms with Gasteiger partial charge in [0.2, 0.25) is 6.41 Å². The first-order chi connectivity index (χ1) is 19.5. The number of carbonyl (C=O) groups is 2. The van der Waals surface area contributed by atoms with Crippen molar-refractivity contribution in [1.29, 1.82) is 0 Å². The van der Waals surface area contributed by atoms with Crippen molar-refractivity contribution in [3.8, 4) is 0 Å². The molecule has 1 aromatic carbocycles. The Morgan fingerprint density at radius 2 is 1.80 bits per heavy atom. The molecule has 1 aliphatic carbocycles. The van der Waals surface area contributed by atoms with Gasteiger partial charge in [0.05, 0.1) is 19.8 Å². The summed E-state index contributed by atoms with van der Waals surface area (Å²) in [6.45, 7) is 3.69. The lowest BCUT2D eigenvalue weighted by atomic mass is 9.98. The van der Waals surface area contributed by atoms with Crippen molar-refractivity contribution in [2.24, 2.45) is 5.92 Å². The molecule has 9 heteroatoms. The number of hydrogen-bond acceptors (Lipinski definition) is 7. The van der Waals surface area contributed by atoms with Crippen LogP contribution in [0.15, 0.2) is 42.5 Å². The molecule has 228 valence electrons. The third kappa shape index (κ3) is 23.0. The number of amides is 1. The number of rotatable bonds is 19. The summed E-state index contributed by atoms with van der Waals surface area (Å²) in [7, 11) is 0. The number of aryl methyl sites for hydroxylation is 1. The Labute approximate surface area is 240 Å². The van der Waals surface area contributed by atoms with Gasteiger partial charge in [-0.25, -0.2) is 4.79 Å². The molecule has 1 aromatic rings. The van der Waals surface area contributed by atoms with Gasteiger partial charge in [0.15, 0.2) is 0 Å². The zero-order chi connectivity index (χ0) is 29.7. The summed E-state index contributed by atoms with van der Waals surface area (Å²) < 4.78 is 4.71. The number of aliphatic hydroxyl groups excluding tert-OH is 1. The lowest BCUT2D eigenvalue weighted by Gasteiger charge is -2.12. The number of carbonyl (C=O) groups excluding carboxylic acids is 2. The van der Waals surface area contributed by atoms with E-state index < -0.39 is 23.7 Å². The van der Waals surface area contributed by atoms with Crippen LogP contribution in [0, 0.1) is 16.0 Å². The van der Waals surface area contributed by atoms with Gasteiger partial charge in [-0.1, -0.05) is 107 Å². The van der Waals surface area contributed by atoms with E-state index in [0.717, 1.165) is 5.92 Å². The van der Waals surface area contributed by atoms with Crippen molar-refractivity contribution in [2.75, 3.05) is 19.8 Å². The molecule has 1 aliphatic rings. The molecule has 0 heterocycles. The normalized spacial score (nSPS) is 13.4. The number of nitrogens with zero attached hydrogens (tertiary/aromatic N) is 1. The van der Waals surface area contributed by atoms with Gasteiger partial charge in [0.1, 0.15) is 6.04 Å². The van der Waals surface area contributed by atoms with E-state index in [9.17, 15) is 19.7 Å². The van der Waals surface area contributed by atoms with E-state index in [0.29, 0.717) is 12.8 Å². The summed E-state index contributed by atoms with van der Waals surface area (Å²) in [5.74, 6) is 0.325. The molecule has 9 nitrogen and oxygen atoms in total. The Balaban J connectivity index is 0.000000618. The number of aliphatic hydroxyl groups is 1. The van der Waals surface area contributed by atoms with Gasteiger partial charge in [0.25, 0.3) is 5.09 Å². The molecule has 1 amide bonds. The first-order valence-corrected chi connectivity index (χ1v) is 14.9. The molecule has 0 bridgehead atoms. The zero-order valence-corrected chi connectivity index (χ0v) is 24.6. The van der Waals surface area contributed by atoms with Crippen molar-refractivity contribution in [1.82, 2.24) is 5.32 Å². The van der Waals surface area contributed by atoms with Crippen LogP contribution < -0.4 is 5.32 Å². The Hall–Kier alpha value is -2.94. The molecule has 1 unspecified atom stereocenters. The largest absolute Gasteiger partial charge is 0.464 e. The highest BCUT2D eigenvalue weighted by Gasteiger charge is 2.17. The Kier molecular flexibility index (Phi) is 25.6. The SMILES string of the molecule is C/C=C\CCCC.O=CNC(CO)C(=O)OCCCCO[N+](=O)[O-].c1ccc(CCCCCC2CCCC2)cc1. The molecule has 1 saturated carbocycles. The zero-order valence-electron chi connectivity index (χ0n) is 24.6. The van der Waals surface area contributed by atoms with Crippen molar-refractivity contribution >= 4 is 12.4 Å². The topological polar surface area (TPSA) is 128 Å². The van der Waals surface area contributed by atoms with Gasteiger partial charge < -0.3 is 20.0 Å².